The molecule has 2 atom stereocenters. The molecule has 1 saturated carbocycles. The van der Waals surface area contributed by atoms with Crippen LogP contribution in [0.25, 0.3) is 0 Å². The number of nitrogens with one attached hydrogen (secondary N) is 1. The molecule has 7 heteroatoms. The van der Waals surface area contributed by atoms with Crippen LogP contribution >= 0.6 is 0 Å². The lowest BCUT2D eigenvalue weighted by molar-refractivity contribution is -0.166. The maximum atomic E-state index is 13.4. The van der Waals surface area contributed by atoms with E-state index in [0.717, 1.165) is 29.7 Å². The third-order valence-electron chi connectivity index (χ3n) is 5.73. The molecule has 0 unspecified atom stereocenters. The topological polar surface area (TPSA) is 80.8 Å². The van der Waals surface area contributed by atoms with Crippen LogP contribution in [0.15, 0.2) is 48.8 Å². The first-order chi connectivity index (χ1) is 14.4. The van der Waals surface area contributed by atoms with E-state index in [1.165, 1.54) is 0 Å². The minimum absolute atomic E-state index is 0.0789. The van der Waals surface area contributed by atoms with Crippen LogP contribution in [0.4, 0.5) is 0 Å². The largest absolute Gasteiger partial charge is 0.497 e. The van der Waals surface area contributed by atoms with E-state index in [2.05, 4.69) is 10.3 Å². The summed E-state index contributed by atoms with van der Waals surface area (Å²) in [6.45, 7) is 3.80. The number of nitrogens with zero attached hydrogens (tertiary/aromatic N) is 2. The molecular weight excluding hydrogens is 382 g/mol. The Morgan fingerprint density at radius 2 is 1.97 bits per heavy atom. The van der Waals surface area contributed by atoms with Crippen molar-refractivity contribution in [2.45, 2.75) is 50.4 Å². The molecule has 1 saturated heterocycles. The normalized spacial score (nSPS) is 22.0. The number of carbonyl (C=O) groups is 2. The maximum absolute atomic E-state index is 13.4. The fraction of sp³-hybridized carbons (Fsp3) is 0.435. The average molecular weight is 409 g/mol. The van der Waals surface area contributed by atoms with Gasteiger partial charge in [0, 0.05) is 18.4 Å². The maximum Gasteiger partial charge on any atom is 0.252 e. The fourth-order valence-corrected chi connectivity index (χ4v) is 3.98. The summed E-state index contributed by atoms with van der Waals surface area (Å²) in [6, 6.07) is 11.0. The second kappa shape index (κ2) is 8.07. The number of pyridine rings is 1. The molecule has 2 fully saturated rings. The SMILES string of the molecule is COc1ccc(C(C)(C)NC(=O)[C@H]2OCC(=O)N(C3CC3)[C@@H]2c2cccnc2)cc1. The van der Waals surface area contributed by atoms with Gasteiger partial charge in [0.05, 0.1) is 18.7 Å². The number of amides is 2. The molecule has 1 aliphatic carbocycles. The van der Waals surface area contributed by atoms with Crippen LogP contribution in [0.5, 0.6) is 5.75 Å². The lowest BCUT2D eigenvalue weighted by Gasteiger charge is -2.41. The quantitative estimate of drug-likeness (QED) is 0.793. The smallest absolute Gasteiger partial charge is 0.252 e. The number of rotatable bonds is 6. The highest BCUT2D eigenvalue weighted by atomic mass is 16.5. The van der Waals surface area contributed by atoms with E-state index in [0.29, 0.717) is 0 Å². The van der Waals surface area contributed by atoms with E-state index < -0.39 is 17.7 Å². The van der Waals surface area contributed by atoms with Crippen LogP contribution < -0.4 is 10.1 Å². The van der Waals surface area contributed by atoms with Crippen LogP contribution in [0.1, 0.15) is 43.9 Å². The highest BCUT2D eigenvalue weighted by molar-refractivity contribution is 5.87. The van der Waals surface area contributed by atoms with Crippen molar-refractivity contribution >= 4 is 11.8 Å². The first-order valence-electron chi connectivity index (χ1n) is 10.2. The van der Waals surface area contributed by atoms with Gasteiger partial charge in [-0.1, -0.05) is 18.2 Å². The van der Waals surface area contributed by atoms with Gasteiger partial charge in [-0.15, -0.1) is 0 Å². The standard InChI is InChI=1S/C23H27N3O4/c1-23(2,16-6-10-18(29-3)11-7-16)25-22(28)21-20(15-5-4-12-24-13-15)26(17-8-9-17)19(27)14-30-21/h4-7,10-13,17,20-21H,8-9,14H2,1-3H3,(H,25,28)/t20-,21+/m1/s1. The van der Waals surface area contributed by atoms with Crippen LogP contribution in [0.2, 0.25) is 0 Å². The van der Waals surface area contributed by atoms with Gasteiger partial charge in [0.1, 0.15) is 12.4 Å². The number of carbonyl (C=O) groups excluding carboxylic acids is 2. The number of aromatic nitrogens is 1. The molecule has 30 heavy (non-hydrogen) atoms. The summed E-state index contributed by atoms with van der Waals surface area (Å²) in [5.41, 5.74) is 1.12. The zero-order valence-electron chi connectivity index (χ0n) is 17.5. The van der Waals surface area contributed by atoms with E-state index in [1.54, 1.807) is 19.5 Å². The average Bonchev–Trinajstić information content (AvgIpc) is 3.59. The van der Waals surface area contributed by atoms with E-state index in [9.17, 15) is 9.59 Å². The van der Waals surface area contributed by atoms with E-state index in [1.807, 2.05) is 55.1 Å². The van der Waals surface area contributed by atoms with E-state index in [4.69, 9.17) is 9.47 Å². The predicted molar refractivity (Wildman–Crippen MR) is 111 cm³/mol. The van der Waals surface area contributed by atoms with E-state index >= 15 is 0 Å². The Kier molecular flexibility index (Phi) is 5.47. The highest BCUT2D eigenvalue weighted by Crippen LogP contribution is 2.39. The van der Waals surface area contributed by atoms with Gasteiger partial charge in [-0.2, -0.15) is 0 Å². The van der Waals surface area contributed by atoms with Crippen molar-refractivity contribution in [1.82, 2.24) is 15.2 Å². The van der Waals surface area contributed by atoms with Gasteiger partial charge < -0.3 is 19.7 Å². The Morgan fingerprint density at radius 1 is 1.23 bits per heavy atom. The molecule has 0 radical (unpaired) electrons. The predicted octanol–water partition coefficient (Wildman–Crippen LogP) is 2.57. The molecule has 7 nitrogen and oxygen atoms in total. The zero-order chi connectivity index (χ0) is 21.3. The van der Waals surface area contributed by atoms with Crippen molar-refractivity contribution in [3.8, 4) is 5.75 Å². The minimum Gasteiger partial charge on any atom is -0.497 e. The molecule has 2 amide bonds. The molecule has 4 rings (SSSR count). The van der Waals surface area contributed by atoms with Gasteiger partial charge >= 0.3 is 0 Å². The van der Waals surface area contributed by atoms with Gasteiger partial charge in [0.25, 0.3) is 5.91 Å². The van der Waals surface area contributed by atoms with Gasteiger partial charge in [-0.25, -0.2) is 0 Å². The van der Waals surface area contributed by atoms with Crippen molar-refractivity contribution in [3.05, 3.63) is 59.9 Å². The number of hydrogen-bond donors (Lipinski definition) is 1. The molecule has 1 aromatic carbocycles. The van der Waals surface area contributed by atoms with Crippen LogP contribution in [-0.2, 0) is 19.9 Å². The molecule has 1 aliphatic heterocycles. The Bertz CT molecular complexity index is 910. The van der Waals surface area contributed by atoms with Crippen LogP contribution in [0, 0.1) is 0 Å². The van der Waals surface area contributed by atoms with Gasteiger partial charge in [0.2, 0.25) is 5.91 Å². The van der Waals surface area contributed by atoms with Gasteiger partial charge in [-0.05, 0) is 56.0 Å². The lowest BCUT2D eigenvalue weighted by Crippen LogP contribution is -2.57. The van der Waals surface area contributed by atoms with Crippen molar-refractivity contribution in [2.24, 2.45) is 0 Å². The summed E-state index contributed by atoms with van der Waals surface area (Å²) in [6.07, 6.45) is 4.49. The molecule has 1 N–H and O–H groups in total. The summed E-state index contributed by atoms with van der Waals surface area (Å²) in [4.78, 5) is 32.0. The molecule has 1 aromatic heterocycles. The summed E-state index contributed by atoms with van der Waals surface area (Å²) < 4.78 is 11.0. The fourth-order valence-electron chi connectivity index (χ4n) is 3.98. The number of ether oxygens (including phenoxy) is 2. The van der Waals surface area contributed by atoms with Gasteiger partial charge in [0.15, 0.2) is 6.10 Å². The van der Waals surface area contributed by atoms with Crippen molar-refractivity contribution < 1.29 is 19.1 Å². The third kappa shape index (κ3) is 4.03. The Labute approximate surface area is 176 Å². The molecule has 158 valence electrons. The first kappa shape index (κ1) is 20.3. The number of hydrogen-bond acceptors (Lipinski definition) is 5. The summed E-state index contributed by atoms with van der Waals surface area (Å²) >= 11 is 0. The number of benzene rings is 1. The molecular formula is C23H27N3O4. The van der Waals surface area contributed by atoms with Crippen LogP contribution in [-0.4, -0.2) is 47.6 Å². The highest BCUT2D eigenvalue weighted by Gasteiger charge is 2.48. The summed E-state index contributed by atoms with van der Waals surface area (Å²) in [5, 5.41) is 3.11. The Morgan fingerprint density at radius 3 is 2.57 bits per heavy atom. The number of morpholine rings is 1. The molecule has 0 spiro atoms. The van der Waals surface area contributed by atoms with E-state index in [-0.39, 0.29) is 24.5 Å². The lowest BCUT2D eigenvalue weighted by atomic mass is 9.92. The monoisotopic (exact) mass is 409 g/mol. The van der Waals surface area contributed by atoms with Crippen molar-refractivity contribution in [3.63, 3.8) is 0 Å². The molecule has 2 aromatic rings. The van der Waals surface area contributed by atoms with Crippen molar-refractivity contribution in [2.75, 3.05) is 13.7 Å². The van der Waals surface area contributed by atoms with Crippen molar-refractivity contribution in [1.29, 1.82) is 0 Å². The Balaban J connectivity index is 1.59. The second-order valence-electron chi connectivity index (χ2n) is 8.34. The molecule has 2 heterocycles. The van der Waals surface area contributed by atoms with Crippen LogP contribution in [0.3, 0.4) is 0 Å². The summed E-state index contributed by atoms with van der Waals surface area (Å²) in [7, 11) is 1.62. The Hall–Kier alpha value is -2.93. The minimum atomic E-state index is -0.801. The number of methoxy groups -OCH3 is 1. The molecule has 2 aliphatic rings. The second-order valence-corrected chi connectivity index (χ2v) is 8.34. The zero-order valence-corrected chi connectivity index (χ0v) is 17.5. The third-order valence-corrected chi connectivity index (χ3v) is 5.73. The summed E-state index contributed by atoms with van der Waals surface area (Å²) in [5.74, 6) is 0.430. The van der Waals surface area contributed by atoms with Gasteiger partial charge in [-0.3, -0.25) is 14.6 Å². The first-order valence-corrected chi connectivity index (χ1v) is 10.2. The molecule has 0 bridgehead atoms.